The van der Waals surface area contributed by atoms with Crippen LogP contribution in [-0.4, -0.2) is 57.9 Å². The highest BCUT2D eigenvalue weighted by molar-refractivity contribution is 6.33. The van der Waals surface area contributed by atoms with E-state index in [0.717, 1.165) is 18.9 Å². The molecule has 9 nitrogen and oxygen atoms in total. The molecule has 0 radical (unpaired) electrons. The lowest BCUT2D eigenvalue weighted by atomic mass is 9.84. The normalized spacial score (nSPS) is 22.4. The second-order valence-corrected chi connectivity index (χ2v) is 9.11. The van der Waals surface area contributed by atoms with E-state index in [-0.39, 0.29) is 46.3 Å². The lowest BCUT2D eigenvalue weighted by Crippen LogP contribution is -2.47. The Labute approximate surface area is 201 Å². The highest BCUT2D eigenvalue weighted by Crippen LogP contribution is 2.31. The number of rotatable bonds is 7. The van der Waals surface area contributed by atoms with Crippen LogP contribution in [-0.2, 0) is 9.53 Å². The fourth-order valence-electron chi connectivity index (χ4n) is 4.66. The van der Waals surface area contributed by atoms with Crippen molar-refractivity contribution in [2.75, 3.05) is 18.5 Å². The first-order valence-corrected chi connectivity index (χ1v) is 11.7. The Bertz CT molecular complexity index is 1060. The zero-order chi connectivity index (χ0) is 24.2. The average molecular weight is 492 g/mol. The molecule has 2 fully saturated rings. The van der Waals surface area contributed by atoms with E-state index in [4.69, 9.17) is 22.1 Å². The van der Waals surface area contributed by atoms with Crippen molar-refractivity contribution in [1.29, 1.82) is 0 Å². The van der Waals surface area contributed by atoms with Gasteiger partial charge in [-0.1, -0.05) is 11.6 Å². The number of anilines is 1. The van der Waals surface area contributed by atoms with Gasteiger partial charge in [-0.05, 0) is 56.7 Å². The summed E-state index contributed by atoms with van der Waals surface area (Å²) in [4.78, 5) is 46.3. The Kier molecular flexibility index (Phi) is 7.47. The van der Waals surface area contributed by atoms with Crippen molar-refractivity contribution >= 4 is 35.0 Å². The third kappa shape index (κ3) is 5.39. The number of nitrogens with one attached hydrogen (secondary N) is 2. The number of carbonyl (C=O) groups is 3. The number of nitrogens with zero attached hydrogens (tertiary/aromatic N) is 2. The monoisotopic (exact) mass is 491 g/mol. The molecule has 1 aliphatic heterocycles. The predicted molar refractivity (Wildman–Crippen MR) is 123 cm³/mol. The highest BCUT2D eigenvalue weighted by Gasteiger charge is 2.36. The number of imidazole rings is 1. The van der Waals surface area contributed by atoms with E-state index in [0.29, 0.717) is 44.5 Å². The van der Waals surface area contributed by atoms with Gasteiger partial charge in [0.25, 0.3) is 11.8 Å². The molecule has 2 aliphatic rings. The smallest absolute Gasteiger partial charge is 0.275 e. The molecule has 2 heterocycles. The van der Waals surface area contributed by atoms with Gasteiger partial charge >= 0.3 is 0 Å². The average Bonchev–Trinajstić information content (AvgIpc) is 3.51. The van der Waals surface area contributed by atoms with Crippen LogP contribution < -0.4 is 11.1 Å². The number of ether oxygens (including phenoxy) is 1. The lowest BCUT2D eigenvalue weighted by Gasteiger charge is -2.37. The molecule has 11 heteroatoms. The fourth-order valence-corrected chi connectivity index (χ4v) is 4.88. The van der Waals surface area contributed by atoms with Crippen molar-refractivity contribution in [3.8, 4) is 0 Å². The number of aromatic nitrogens is 2. The van der Waals surface area contributed by atoms with Gasteiger partial charge in [-0.25, -0.2) is 9.37 Å². The zero-order valence-electron chi connectivity index (χ0n) is 18.6. The molecule has 1 aromatic carbocycles. The van der Waals surface area contributed by atoms with E-state index in [2.05, 4.69) is 15.3 Å². The maximum atomic E-state index is 13.4. The van der Waals surface area contributed by atoms with Gasteiger partial charge < -0.3 is 25.7 Å². The van der Waals surface area contributed by atoms with Crippen LogP contribution in [0.15, 0.2) is 24.5 Å². The minimum atomic E-state index is -0.752. The molecule has 0 unspecified atom stereocenters. The molecule has 34 heavy (non-hydrogen) atoms. The van der Waals surface area contributed by atoms with Crippen molar-refractivity contribution in [3.63, 3.8) is 0 Å². The second-order valence-electron chi connectivity index (χ2n) is 8.70. The van der Waals surface area contributed by atoms with Gasteiger partial charge in [0.05, 0.1) is 23.1 Å². The highest BCUT2D eigenvalue weighted by atomic mass is 35.5. The van der Waals surface area contributed by atoms with Gasteiger partial charge in [0.15, 0.2) is 5.69 Å². The Hall–Kier alpha value is -2.98. The SMILES string of the molecule is NC(=O)c1[nH]cnc1C(=O)N(C[C@@H]1CCCO1)[C@H]1CC[C@H](C(=O)Nc2ccc(F)cc2Cl)CC1. The van der Waals surface area contributed by atoms with E-state index < -0.39 is 11.7 Å². The van der Waals surface area contributed by atoms with Crippen LogP contribution >= 0.6 is 11.6 Å². The Balaban J connectivity index is 1.43. The summed E-state index contributed by atoms with van der Waals surface area (Å²) in [5.41, 5.74) is 5.73. The number of benzene rings is 1. The van der Waals surface area contributed by atoms with Crippen molar-refractivity contribution in [2.45, 2.75) is 50.7 Å². The first-order valence-electron chi connectivity index (χ1n) is 11.3. The molecular formula is C23H27ClFN5O4. The summed E-state index contributed by atoms with van der Waals surface area (Å²) in [7, 11) is 0. The number of nitrogens with two attached hydrogens (primary N) is 1. The van der Waals surface area contributed by atoms with Gasteiger partial charge in [0.1, 0.15) is 11.5 Å². The molecule has 4 rings (SSSR count). The molecule has 1 saturated heterocycles. The van der Waals surface area contributed by atoms with Gasteiger partial charge in [-0.15, -0.1) is 0 Å². The van der Waals surface area contributed by atoms with Crippen LogP contribution in [0.5, 0.6) is 0 Å². The number of aromatic amines is 1. The number of amides is 3. The molecule has 1 aromatic heterocycles. The van der Waals surface area contributed by atoms with E-state index >= 15 is 0 Å². The first-order chi connectivity index (χ1) is 16.3. The number of hydrogen-bond donors (Lipinski definition) is 3. The molecule has 0 bridgehead atoms. The number of carbonyl (C=O) groups excluding carboxylic acids is 3. The molecule has 4 N–H and O–H groups in total. The Morgan fingerprint density at radius 3 is 2.65 bits per heavy atom. The van der Waals surface area contributed by atoms with Crippen LogP contribution in [0.2, 0.25) is 5.02 Å². The third-order valence-corrected chi connectivity index (χ3v) is 6.78. The van der Waals surface area contributed by atoms with E-state index in [9.17, 15) is 18.8 Å². The summed E-state index contributed by atoms with van der Waals surface area (Å²) in [5, 5.41) is 2.91. The maximum Gasteiger partial charge on any atom is 0.275 e. The van der Waals surface area contributed by atoms with Gasteiger partial charge in [-0.2, -0.15) is 0 Å². The third-order valence-electron chi connectivity index (χ3n) is 6.47. The summed E-state index contributed by atoms with van der Waals surface area (Å²) >= 11 is 6.02. The first kappa shape index (κ1) is 24.2. The standard InChI is InChI=1S/C23H27ClFN5O4/c24-17-10-14(25)5-8-18(17)29-22(32)13-3-6-15(7-4-13)30(11-16-2-1-9-34-16)23(33)20-19(21(26)31)27-12-28-20/h5,8,10,12-13,15-16H,1-4,6-7,9,11H2,(H2,26,31)(H,27,28)(H,29,32)/t13-,15-,16-/m0/s1. The second kappa shape index (κ2) is 10.5. The largest absolute Gasteiger partial charge is 0.376 e. The minimum Gasteiger partial charge on any atom is -0.376 e. The number of primary amides is 1. The van der Waals surface area contributed by atoms with Crippen molar-refractivity contribution in [3.05, 3.63) is 46.8 Å². The van der Waals surface area contributed by atoms with Crippen LogP contribution in [0.1, 0.15) is 59.5 Å². The summed E-state index contributed by atoms with van der Waals surface area (Å²) in [6.07, 6.45) is 5.31. The van der Waals surface area contributed by atoms with Crippen LogP contribution in [0, 0.1) is 11.7 Å². The van der Waals surface area contributed by atoms with Gasteiger partial charge in [0, 0.05) is 25.1 Å². The van der Waals surface area contributed by atoms with E-state index in [1.165, 1.54) is 18.5 Å². The Morgan fingerprint density at radius 2 is 2.00 bits per heavy atom. The molecular weight excluding hydrogens is 465 g/mol. The van der Waals surface area contributed by atoms with E-state index in [1.807, 2.05) is 0 Å². The van der Waals surface area contributed by atoms with Crippen molar-refractivity contribution < 1.29 is 23.5 Å². The summed E-state index contributed by atoms with van der Waals surface area (Å²) < 4.78 is 19.0. The fraction of sp³-hybridized carbons (Fsp3) is 0.478. The minimum absolute atomic E-state index is 0.00341. The number of halogens is 2. The quantitative estimate of drug-likeness (QED) is 0.547. The molecule has 1 saturated carbocycles. The summed E-state index contributed by atoms with van der Waals surface area (Å²) in [5.74, 6) is -2.05. The molecule has 1 atom stereocenters. The summed E-state index contributed by atoms with van der Waals surface area (Å²) in [6.45, 7) is 1.04. The van der Waals surface area contributed by atoms with Gasteiger partial charge in [0.2, 0.25) is 5.91 Å². The topological polar surface area (TPSA) is 130 Å². The van der Waals surface area contributed by atoms with Gasteiger partial charge in [-0.3, -0.25) is 14.4 Å². The predicted octanol–water partition coefficient (Wildman–Crippen LogP) is 3.12. The van der Waals surface area contributed by atoms with Crippen molar-refractivity contribution in [2.24, 2.45) is 11.7 Å². The molecule has 0 spiro atoms. The maximum absolute atomic E-state index is 13.4. The van der Waals surface area contributed by atoms with E-state index in [1.54, 1.807) is 4.90 Å². The molecule has 1 aliphatic carbocycles. The molecule has 182 valence electrons. The Morgan fingerprint density at radius 1 is 1.24 bits per heavy atom. The number of H-pyrrole nitrogens is 1. The summed E-state index contributed by atoms with van der Waals surface area (Å²) in [6, 6.07) is 3.69. The van der Waals surface area contributed by atoms with Crippen LogP contribution in [0.4, 0.5) is 10.1 Å². The number of hydrogen-bond acceptors (Lipinski definition) is 5. The molecule has 3 amide bonds. The van der Waals surface area contributed by atoms with Crippen LogP contribution in [0.25, 0.3) is 0 Å². The van der Waals surface area contributed by atoms with Crippen molar-refractivity contribution in [1.82, 2.24) is 14.9 Å². The lowest BCUT2D eigenvalue weighted by molar-refractivity contribution is -0.121. The molecule has 2 aromatic rings. The zero-order valence-corrected chi connectivity index (χ0v) is 19.3. The van der Waals surface area contributed by atoms with Crippen LogP contribution in [0.3, 0.4) is 0 Å².